The van der Waals surface area contributed by atoms with Crippen molar-refractivity contribution in [3.8, 4) is 0 Å². The van der Waals surface area contributed by atoms with Gasteiger partial charge in [0, 0.05) is 44.6 Å². The molecular weight excluding hydrogens is 320 g/mol. The average Bonchev–Trinajstić information content (AvgIpc) is 2.91. The molecule has 0 bridgehead atoms. The second-order valence-corrected chi connectivity index (χ2v) is 5.81. The highest BCUT2D eigenvalue weighted by Crippen LogP contribution is 2.11. The molecule has 1 aromatic rings. The molecule has 0 radical (unpaired) electrons. The molecule has 0 saturated carbocycles. The smallest absolute Gasteiger partial charge is 0.272 e. The van der Waals surface area contributed by atoms with Gasteiger partial charge in [-0.1, -0.05) is 22.9 Å². The summed E-state index contributed by atoms with van der Waals surface area (Å²) in [6.07, 6.45) is 0.867. The van der Waals surface area contributed by atoms with E-state index >= 15 is 0 Å². The quantitative estimate of drug-likeness (QED) is 0.763. The van der Waals surface area contributed by atoms with Crippen LogP contribution in [0.5, 0.6) is 0 Å². The van der Waals surface area contributed by atoms with Gasteiger partial charge in [-0.05, 0) is 19.4 Å². The SMILES string of the molecule is CCc1cc(C(=O)N2CCN(CCBr)CC2)n(CC)n1. The number of aromatic nitrogens is 2. The van der Waals surface area contributed by atoms with Gasteiger partial charge in [-0.15, -0.1) is 0 Å². The fraction of sp³-hybridized carbons (Fsp3) is 0.714. The summed E-state index contributed by atoms with van der Waals surface area (Å²) in [5, 5.41) is 5.45. The van der Waals surface area contributed by atoms with Crippen molar-refractivity contribution in [3.05, 3.63) is 17.5 Å². The highest BCUT2D eigenvalue weighted by atomic mass is 79.9. The number of hydrogen-bond acceptors (Lipinski definition) is 3. The minimum atomic E-state index is 0.123. The summed E-state index contributed by atoms with van der Waals surface area (Å²) < 4.78 is 1.83. The van der Waals surface area contributed by atoms with Crippen molar-refractivity contribution >= 4 is 21.8 Å². The molecule has 112 valence electrons. The number of carbonyl (C=O) groups is 1. The fourth-order valence-corrected chi connectivity index (χ4v) is 3.01. The molecule has 0 unspecified atom stereocenters. The van der Waals surface area contributed by atoms with Crippen molar-refractivity contribution < 1.29 is 4.79 Å². The van der Waals surface area contributed by atoms with Crippen LogP contribution >= 0.6 is 15.9 Å². The van der Waals surface area contributed by atoms with Gasteiger partial charge in [0.15, 0.2) is 0 Å². The van der Waals surface area contributed by atoms with E-state index < -0.39 is 0 Å². The molecule has 0 atom stereocenters. The van der Waals surface area contributed by atoms with E-state index in [-0.39, 0.29) is 5.91 Å². The Kier molecular flexibility index (Phi) is 5.60. The zero-order chi connectivity index (χ0) is 14.5. The van der Waals surface area contributed by atoms with Crippen LogP contribution in [0.25, 0.3) is 0 Å². The number of alkyl halides is 1. The van der Waals surface area contributed by atoms with Gasteiger partial charge >= 0.3 is 0 Å². The van der Waals surface area contributed by atoms with Crippen LogP contribution < -0.4 is 0 Å². The second kappa shape index (κ2) is 7.22. The summed E-state index contributed by atoms with van der Waals surface area (Å²) in [6, 6.07) is 1.94. The first-order valence-corrected chi connectivity index (χ1v) is 8.46. The molecule has 1 saturated heterocycles. The molecule has 6 heteroatoms. The number of halogens is 1. The number of aryl methyl sites for hydroxylation is 2. The highest BCUT2D eigenvalue weighted by molar-refractivity contribution is 9.09. The predicted octanol–water partition coefficient (Wildman–Crippen LogP) is 1.62. The van der Waals surface area contributed by atoms with Crippen LogP contribution in [0.15, 0.2) is 6.07 Å². The lowest BCUT2D eigenvalue weighted by Crippen LogP contribution is -2.49. The predicted molar refractivity (Wildman–Crippen MR) is 83.4 cm³/mol. The van der Waals surface area contributed by atoms with E-state index in [2.05, 4.69) is 32.9 Å². The summed E-state index contributed by atoms with van der Waals surface area (Å²) >= 11 is 3.46. The Balaban J connectivity index is 2.03. The second-order valence-electron chi connectivity index (χ2n) is 5.01. The largest absolute Gasteiger partial charge is 0.335 e. The molecule has 0 aromatic carbocycles. The van der Waals surface area contributed by atoms with Crippen molar-refractivity contribution in [1.29, 1.82) is 0 Å². The zero-order valence-electron chi connectivity index (χ0n) is 12.3. The van der Waals surface area contributed by atoms with Crippen molar-refractivity contribution in [2.24, 2.45) is 0 Å². The first-order chi connectivity index (χ1) is 9.69. The van der Waals surface area contributed by atoms with Crippen molar-refractivity contribution in [1.82, 2.24) is 19.6 Å². The van der Waals surface area contributed by atoms with E-state index in [1.807, 2.05) is 22.6 Å². The molecule has 5 nitrogen and oxygen atoms in total. The standard InChI is InChI=1S/C14H23BrN4O/c1-3-12-11-13(19(4-2)16-12)14(20)18-9-7-17(6-5-15)8-10-18/h11H,3-10H2,1-2H3. The molecule has 2 heterocycles. The van der Waals surface area contributed by atoms with Gasteiger partial charge in [-0.2, -0.15) is 5.10 Å². The highest BCUT2D eigenvalue weighted by Gasteiger charge is 2.24. The first-order valence-electron chi connectivity index (χ1n) is 7.33. The minimum absolute atomic E-state index is 0.123. The lowest BCUT2D eigenvalue weighted by molar-refractivity contribution is 0.0633. The summed E-state index contributed by atoms with van der Waals surface area (Å²) in [6.45, 7) is 9.41. The molecule has 0 N–H and O–H groups in total. The first kappa shape index (κ1) is 15.5. The van der Waals surface area contributed by atoms with Gasteiger partial charge in [-0.25, -0.2) is 0 Å². The number of hydrogen-bond donors (Lipinski definition) is 0. The third-order valence-corrected chi connectivity index (χ3v) is 4.13. The molecule has 1 aromatic heterocycles. The van der Waals surface area contributed by atoms with Crippen LogP contribution in [-0.2, 0) is 13.0 Å². The van der Waals surface area contributed by atoms with E-state index in [4.69, 9.17) is 0 Å². The average molecular weight is 343 g/mol. The normalized spacial score (nSPS) is 16.6. The Morgan fingerprint density at radius 3 is 2.55 bits per heavy atom. The number of rotatable bonds is 5. The topological polar surface area (TPSA) is 41.4 Å². The number of amides is 1. The number of nitrogens with zero attached hydrogens (tertiary/aromatic N) is 4. The van der Waals surface area contributed by atoms with E-state index in [0.717, 1.165) is 62.4 Å². The van der Waals surface area contributed by atoms with E-state index in [0.29, 0.717) is 0 Å². The van der Waals surface area contributed by atoms with Crippen molar-refractivity contribution in [3.63, 3.8) is 0 Å². The van der Waals surface area contributed by atoms with Crippen LogP contribution in [0.3, 0.4) is 0 Å². The molecule has 1 aliphatic rings. The van der Waals surface area contributed by atoms with Gasteiger partial charge in [-0.3, -0.25) is 14.4 Å². The van der Waals surface area contributed by atoms with E-state index in [1.54, 1.807) is 0 Å². The van der Waals surface area contributed by atoms with Crippen LogP contribution in [0.2, 0.25) is 0 Å². The molecule has 2 rings (SSSR count). The van der Waals surface area contributed by atoms with Gasteiger partial charge in [0.2, 0.25) is 0 Å². The maximum absolute atomic E-state index is 12.6. The Hall–Kier alpha value is -0.880. The Bertz CT molecular complexity index is 452. The molecule has 1 fully saturated rings. The lowest BCUT2D eigenvalue weighted by atomic mass is 10.2. The van der Waals surface area contributed by atoms with Gasteiger partial charge < -0.3 is 4.90 Å². The minimum Gasteiger partial charge on any atom is -0.335 e. The third-order valence-electron chi connectivity index (χ3n) is 3.77. The van der Waals surface area contributed by atoms with Crippen LogP contribution in [0.1, 0.15) is 30.0 Å². The maximum atomic E-state index is 12.6. The molecule has 0 aliphatic carbocycles. The fourth-order valence-electron chi connectivity index (χ4n) is 2.51. The maximum Gasteiger partial charge on any atom is 0.272 e. The Morgan fingerprint density at radius 1 is 1.30 bits per heavy atom. The summed E-state index contributed by atoms with van der Waals surface area (Å²) in [4.78, 5) is 16.9. The lowest BCUT2D eigenvalue weighted by Gasteiger charge is -2.34. The molecular formula is C14H23BrN4O. The monoisotopic (exact) mass is 342 g/mol. The van der Waals surface area contributed by atoms with Gasteiger partial charge in [0.05, 0.1) is 5.69 Å². The summed E-state index contributed by atoms with van der Waals surface area (Å²) in [5.41, 5.74) is 1.73. The number of carbonyl (C=O) groups excluding carboxylic acids is 1. The molecule has 1 aliphatic heterocycles. The molecule has 0 spiro atoms. The van der Waals surface area contributed by atoms with Crippen LogP contribution in [0, 0.1) is 0 Å². The zero-order valence-corrected chi connectivity index (χ0v) is 13.9. The van der Waals surface area contributed by atoms with E-state index in [9.17, 15) is 4.79 Å². The summed E-state index contributed by atoms with van der Waals surface area (Å²) in [5.74, 6) is 0.123. The van der Waals surface area contributed by atoms with Crippen LogP contribution in [0.4, 0.5) is 0 Å². The summed E-state index contributed by atoms with van der Waals surface area (Å²) in [7, 11) is 0. The van der Waals surface area contributed by atoms with Crippen LogP contribution in [-0.4, -0.2) is 63.5 Å². The molecule has 20 heavy (non-hydrogen) atoms. The third kappa shape index (κ3) is 3.41. The molecule has 1 amide bonds. The Morgan fingerprint density at radius 2 is 2.00 bits per heavy atom. The van der Waals surface area contributed by atoms with Gasteiger partial charge in [0.25, 0.3) is 5.91 Å². The van der Waals surface area contributed by atoms with Crippen molar-refractivity contribution in [2.75, 3.05) is 38.1 Å². The van der Waals surface area contributed by atoms with Gasteiger partial charge in [0.1, 0.15) is 5.69 Å². The number of piperazine rings is 1. The van der Waals surface area contributed by atoms with Crippen molar-refractivity contribution in [2.45, 2.75) is 26.8 Å². The Labute approximate surface area is 129 Å². The van der Waals surface area contributed by atoms with E-state index in [1.165, 1.54) is 0 Å².